The van der Waals surface area contributed by atoms with Crippen molar-refractivity contribution in [3.8, 4) is 0 Å². The quantitative estimate of drug-likeness (QED) is 0.533. The first-order valence-electron chi connectivity index (χ1n) is 10.00. The first-order valence-corrected chi connectivity index (χ1v) is 10.00. The summed E-state index contributed by atoms with van der Waals surface area (Å²) in [7, 11) is 1.38. The molecule has 2 N–H and O–H groups in total. The molecule has 1 heterocycles. The lowest BCUT2D eigenvalue weighted by Gasteiger charge is -2.35. The van der Waals surface area contributed by atoms with Gasteiger partial charge in [-0.25, -0.2) is 4.79 Å². The molecular weight excluding hydrogens is 334 g/mol. The highest BCUT2D eigenvalue weighted by Gasteiger charge is 2.29. The molecular formula is C19H33N3O4. The summed E-state index contributed by atoms with van der Waals surface area (Å²) < 4.78 is 4.58. The van der Waals surface area contributed by atoms with E-state index in [1.165, 1.54) is 26.4 Å². The normalized spacial score (nSPS) is 19.0. The predicted molar refractivity (Wildman–Crippen MR) is 98.6 cm³/mol. The average molecular weight is 367 g/mol. The van der Waals surface area contributed by atoms with Gasteiger partial charge < -0.3 is 20.3 Å². The number of carbonyl (C=O) groups is 3. The maximum atomic E-state index is 12.5. The monoisotopic (exact) mass is 367 g/mol. The van der Waals surface area contributed by atoms with Gasteiger partial charge in [-0.15, -0.1) is 0 Å². The number of carbonyl (C=O) groups excluding carboxylic acids is 3. The Morgan fingerprint density at radius 1 is 1.00 bits per heavy atom. The van der Waals surface area contributed by atoms with Crippen LogP contribution in [0.15, 0.2) is 0 Å². The molecule has 0 aromatic heterocycles. The number of piperidine rings is 1. The number of hydrogen-bond acceptors (Lipinski definition) is 4. The zero-order chi connectivity index (χ0) is 18.8. The molecule has 26 heavy (non-hydrogen) atoms. The Morgan fingerprint density at radius 2 is 1.69 bits per heavy atom. The molecule has 2 rings (SSSR count). The van der Waals surface area contributed by atoms with Crippen LogP contribution < -0.4 is 10.6 Å². The fourth-order valence-corrected chi connectivity index (χ4v) is 3.79. The molecule has 0 atom stereocenters. The van der Waals surface area contributed by atoms with E-state index >= 15 is 0 Å². The Bertz CT molecular complexity index is 469. The summed E-state index contributed by atoms with van der Waals surface area (Å²) in [4.78, 5) is 37.5. The van der Waals surface area contributed by atoms with Gasteiger partial charge in [0.1, 0.15) is 0 Å². The first kappa shape index (κ1) is 20.5. The Kier molecular flexibility index (Phi) is 8.71. The van der Waals surface area contributed by atoms with E-state index in [1.807, 2.05) is 4.90 Å². The third kappa shape index (κ3) is 6.84. The molecule has 0 aromatic rings. The second-order valence-electron chi connectivity index (χ2n) is 7.37. The molecule has 0 radical (unpaired) electrons. The fourth-order valence-electron chi connectivity index (χ4n) is 3.79. The van der Waals surface area contributed by atoms with E-state index in [0.29, 0.717) is 25.3 Å². The third-order valence-electron chi connectivity index (χ3n) is 5.42. The number of unbranched alkanes of at least 4 members (excludes halogenated alkanes) is 1. The van der Waals surface area contributed by atoms with Crippen LogP contribution in [0.25, 0.3) is 0 Å². The van der Waals surface area contributed by atoms with Crippen LogP contribution in [0.2, 0.25) is 0 Å². The van der Waals surface area contributed by atoms with Gasteiger partial charge >= 0.3 is 12.0 Å². The van der Waals surface area contributed by atoms with Gasteiger partial charge in [-0.05, 0) is 38.5 Å². The molecule has 2 aliphatic rings. The second-order valence-corrected chi connectivity index (χ2v) is 7.37. The number of ether oxygens (including phenoxy) is 1. The SMILES string of the molecule is COC(=O)CCCCNC(=O)NC1CCN(C(=O)C2CCCCC2)CC1. The number of likely N-dealkylation sites (tertiary alicyclic amines) is 1. The van der Waals surface area contributed by atoms with Crippen LogP contribution in [-0.4, -0.2) is 55.6 Å². The molecule has 3 amide bonds. The van der Waals surface area contributed by atoms with Crippen molar-refractivity contribution in [3.05, 3.63) is 0 Å². The van der Waals surface area contributed by atoms with E-state index in [2.05, 4.69) is 15.4 Å². The Hall–Kier alpha value is -1.79. The molecule has 0 unspecified atom stereocenters. The van der Waals surface area contributed by atoms with Crippen LogP contribution in [0.4, 0.5) is 4.79 Å². The average Bonchev–Trinajstić information content (AvgIpc) is 2.68. The van der Waals surface area contributed by atoms with Gasteiger partial charge in [0, 0.05) is 38.0 Å². The molecule has 2 fully saturated rings. The smallest absolute Gasteiger partial charge is 0.315 e. The van der Waals surface area contributed by atoms with Crippen molar-refractivity contribution >= 4 is 17.9 Å². The van der Waals surface area contributed by atoms with Gasteiger partial charge in [-0.3, -0.25) is 9.59 Å². The van der Waals surface area contributed by atoms with Gasteiger partial charge in [0.05, 0.1) is 7.11 Å². The minimum Gasteiger partial charge on any atom is -0.469 e. The van der Waals surface area contributed by atoms with Crippen molar-refractivity contribution in [2.45, 2.75) is 70.3 Å². The van der Waals surface area contributed by atoms with Crippen LogP contribution in [-0.2, 0) is 14.3 Å². The summed E-state index contributed by atoms with van der Waals surface area (Å²) in [6, 6.07) is -0.0411. The summed E-state index contributed by atoms with van der Waals surface area (Å²) in [6.07, 6.45) is 9.14. The van der Waals surface area contributed by atoms with Crippen LogP contribution in [0.5, 0.6) is 0 Å². The minimum absolute atomic E-state index is 0.125. The lowest BCUT2D eigenvalue weighted by atomic mass is 9.87. The van der Waals surface area contributed by atoms with Crippen LogP contribution >= 0.6 is 0 Å². The van der Waals surface area contributed by atoms with E-state index in [9.17, 15) is 14.4 Å². The summed E-state index contributed by atoms with van der Waals surface area (Å²) >= 11 is 0. The summed E-state index contributed by atoms with van der Waals surface area (Å²) in [6.45, 7) is 2.01. The van der Waals surface area contributed by atoms with Crippen molar-refractivity contribution in [2.75, 3.05) is 26.7 Å². The number of rotatable bonds is 7. The molecule has 7 heteroatoms. The van der Waals surface area contributed by atoms with E-state index in [1.54, 1.807) is 0 Å². The predicted octanol–water partition coefficient (Wildman–Crippen LogP) is 2.20. The lowest BCUT2D eigenvalue weighted by molar-refractivity contribution is -0.140. The Balaban J connectivity index is 1.57. The number of hydrogen-bond donors (Lipinski definition) is 2. The van der Waals surface area contributed by atoms with Crippen molar-refractivity contribution in [1.29, 1.82) is 0 Å². The number of urea groups is 1. The summed E-state index contributed by atoms with van der Waals surface area (Å²) in [5, 5.41) is 5.81. The minimum atomic E-state index is -0.219. The van der Waals surface area contributed by atoms with Crippen molar-refractivity contribution < 1.29 is 19.1 Å². The van der Waals surface area contributed by atoms with E-state index < -0.39 is 0 Å². The third-order valence-corrected chi connectivity index (χ3v) is 5.42. The highest BCUT2D eigenvalue weighted by molar-refractivity contribution is 5.79. The molecule has 1 saturated heterocycles. The maximum absolute atomic E-state index is 12.5. The largest absolute Gasteiger partial charge is 0.469 e. The summed E-state index contributed by atoms with van der Waals surface area (Å²) in [5.41, 5.74) is 0. The lowest BCUT2D eigenvalue weighted by Crippen LogP contribution is -2.50. The summed E-state index contributed by atoms with van der Waals surface area (Å²) in [5.74, 6) is 0.323. The number of nitrogens with zero attached hydrogens (tertiary/aromatic N) is 1. The molecule has 1 aliphatic heterocycles. The molecule has 0 aromatic carbocycles. The Labute approximate surface area is 156 Å². The van der Waals surface area contributed by atoms with Crippen LogP contribution in [0, 0.1) is 5.92 Å². The molecule has 0 bridgehead atoms. The molecule has 0 spiro atoms. The number of amides is 3. The Morgan fingerprint density at radius 3 is 2.35 bits per heavy atom. The zero-order valence-corrected chi connectivity index (χ0v) is 15.9. The van der Waals surface area contributed by atoms with Gasteiger partial charge in [-0.1, -0.05) is 19.3 Å². The van der Waals surface area contributed by atoms with Crippen LogP contribution in [0.1, 0.15) is 64.2 Å². The fraction of sp³-hybridized carbons (Fsp3) is 0.842. The van der Waals surface area contributed by atoms with Gasteiger partial charge in [-0.2, -0.15) is 0 Å². The van der Waals surface area contributed by atoms with Crippen molar-refractivity contribution in [1.82, 2.24) is 15.5 Å². The highest BCUT2D eigenvalue weighted by Crippen LogP contribution is 2.26. The second kappa shape index (κ2) is 11.0. The zero-order valence-electron chi connectivity index (χ0n) is 15.9. The first-order chi connectivity index (χ1) is 12.6. The van der Waals surface area contributed by atoms with E-state index in [4.69, 9.17) is 0 Å². The standard InChI is InChI=1S/C19H33N3O4/c1-26-17(23)9-5-6-12-20-19(25)21-16-10-13-22(14-11-16)18(24)15-7-3-2-4-8-15/h15-16H,2-14H2,1H3,(H2,20,21,25). The number of nitrogens with one attached hydrogen (secondary N) is 2. The van der Waals surface area contributed by atoms with E-state index in [-0.39, 0.29) is 24.0 Å². The van der Waals surface area contributed by atoms with Gasteiger partial charge in [0.15, 0.2) is 0 Å². The number of esters is 1. The maximum Gasteiger partial charge on any atom is 0.315 e. The molecule has 1 saturated carbocycles. The van der Waals surface area contributed by atoms with Gasteiger partial charge in [0.25, 0.3) is 0 Å². The molecule has 148 valence electrons. The highest BCUT2D eigenvalue weighted by atomic mass is 16.5. The topological polar surface area (TPSA) is 87.7 Å². The van der Waals surface area contributed by atoms with Crippen molar-refractivity contribution in [2.24, 2.45) is 5.92 Å². The van der Waals surface area contributed by atoms with Crippen LogP contribution in [0.3, 0.4) is 0 Å². The van der Waals surface area contributed by atoms with E-state index in [0.717, 1.165) is 45.2 Å². The van der Waals surface area contributed by atoms with Gasteiger partial charge in [0.2, 0.25) is 5.91 Å². The van der Waals surface area contributed by atoms with Crippen molar-refractivity contribution in [3.63, 3.8) is 0 Å². The number of methoxy groups -OCH3 is 1. The molecule has 1 aliphatic carbocycles. The molecule has 7 nitrogen and oxygen atoms in total.